The number of rotatable bonds is 4. The topological polar surface area (TPSA) is 60.5 Å². The maximum atomic E-state index is 12.3. The summed E-state index contributed by atoms with van der Waals surface area (Å²) >= 11 is 0. The number of hydrogen-bond donors (Lipinski definition) is 1. The molecule has 0 saturated carbocycles. The van der Waals surface area contributed by atoms with Crippen LogP contribution in [0.2, 0.25) is 0 Å². The van der Waals surface area contributed by atoms with E-state index in [0.29, 0.717) is 24.5 Å². The first kappa shape index (κ1) is 12.0. The maximum absolute atomic E-state index is 12.3. The third kappa shape index (κ3) is 2.45. The van der Waals surface area contributed by atoms with Gasteiger partial charge >= 0.3 is 0 Å². The fourth-order valence-corrected chi connectivity index (χ4v) is 1.98. The summed E-state index contributed by atoms with van der Waals surface area (Å²) in [5.74, 6) is 0.498. The molecular formula is C12H16N2O3. The SMILES string of the molecule is CNC1COCC1C(=O)c1cncc(OC)c1. The molecule has 0 aromatic carbocycles. The van der Waals surface area contributed by atoms with E-state index < -0.39 is 0 Å². The summed E-state index contributed by atoms with van der Waals surface area (Å²) < 4.78 is 10.4. The smallest absolute Gasteiger partial charge is 0.171 e. The second-order valence-corrected chi connectivity index (χ2v) is 4.02. The van der Waals surface area contributed by atoms with E-state index in [1.165, 1.54) is 0 Å². The second-order valence-electron chi connectivity index (χ2n) is 4.02. The standard InChI is InChI=1S/C12H16N2O3/c1-13-11-7-17-6-10(11)12(15)8-3-9(16-2)5-14-4-8/h3-5,10-11,13H,6-7H2,1-2H3. The second kappa shape index (κ2) is 5.25. The van der Waals surface area contributed by atoms with E-state index in [0.717, 1.165) is 0 Å². The number of ether oxygens (including phenoxy) is 2. The average Bonchev–Trinajstić information content (AvgIpc) is 2.86. The fourth-order valence-electron chi connectivity index (χ4n) is 1.98. The Bertz CT molecular complexity index is 408. The van der Waals surface area contributed by atoms with Crippen molar-refractivity contribution in [3.05, 3.63) is 24.0 Å². The highest BCUT2D eigenvalue weighted by Gasteiger charge is 2.33. The van der Waals surface area contributed by atoms with Crippen LogP contribution in [0.5, 0.6) is 5.75 Å². The predicted octanol–water partition coefficient (Wildman–Crippen LogP) is 0.507. The lowest BCUT2D eigenvalue weighted by Gasteiger charge is -2.15. The molecule has 17 heavy (non-hydrogen) atoms. The summed E-state index contributed by atoms with van der Waals surface area (Å²) in [6.45, 7) is 1.03. The lowest BCUT2D eigenvalue weighted by Crippen LogP contribution is -2.37. The molecule has 1 fully saturated rings. The van der Waals surface area contributed by atoms with Gasteiger partial charge in [-0.3, -0.25) is 9.78 Å². The van der Waals surface area contributed by atoms with Gasteiger partial charge in [-0.2, -0.15) is 0 Å². The summed E-state index contributed by atoms with van der Waals surface area (Å²) in [5, 5.41) is 3.10. The normalized spacial score (nSPS) is 23.6. The van der Waals surface area contributed by atoms with Crippen LogP contribution in [0.15, 0.2) is 18.5 Å². The Morgan fingerprint density at radius 2 is 2.35 bits per heavy atom. The first-order valence-corrected chi connectivity index (χ1v) is 5.54. The van der Waals surface area contributed by atoms with Crippen molar-refractivity contribution in [3.8, 4) is 5.75 Å². The molecule has 1 aromatic rings. The van der Waals surface area contributed by atoms with E-state index in [9.17, 15) is 4.79 Å². The highest BCUT2D eigenvalue weighted by atomic mass is 16.5. The summed E-state index contributed by atoms with van der Waals surface area (Å²) in [6.07, 6.45) is 3.15. The molecule has 2 rings (SSSR count). The zero-order valence-electron chi connectivity index (χ0n) is 9.97. The number of nitrogens with one attached hydrogen (secondary N) is 1. The van der Waals surface area contributed by atoms with Gasteiger partial charge < -0.3 is 14.8 Å². The molecule has 0 bridgehead atoms. The number of carbonyl (C=O) groups excluding carboxylic acids is 1. The monoisotopic (exact) mass is 236 g/mol. The van der Waals surface area contributed by atoms with Crippen molar-refractivity contribution >= 4 is 5.78 Å². The van der Waals surface area contributed by atoms with Crippen molar-refractivity contribution < 1.29 is 14.3 Å². The lowest BCUT2D eigenvalue weighted by molar-refractivity contribution is 0.0891. The van der Waals surface area contributed by atoms with Crippen molar-refractivity contribution in [2.45, 2.75) is 6.04 Å². The van der Waals surface area contributed by atoms with Gasteiger partial charge in [0.15, 0.2) is 5.78 Å². The quantitative estimate of drug-likeness (QED) is 0.772. The molecule has 2 unspecified atom stereocenters. The minimum atomic E-state index is -0.145. The molecule has 0 aliphatic carbocycles. The van der Waals surface area contributed by atoms with E-state index >= 15 is 0 Å². The summed E-state index contributed by atoms with van der Waals surface area (Å²) in [7, 11) is 3.39. The van der Waals surface area contributed by atoms with Gasteiger partial charge in [-0.25, -0.2) is 0 Å². The van der Waals surface area contributed by atoms with Crippen molar-refractivity contribution in [3.63, 3.8) is 0 Å². The number of methoxy groups -OCH3 is 1. The van der Waals surface area contributed by atoms with E-state index in [-0.39, 0.29) is 17.7 Å². The summed E-state index contributed by atoms with van der Waals surface area (Å²) in [4.78, 5) is 16.3. The zero-order chi connectivity index (χ0) is 12.3. The molecule has 5 heteroatoms. The Hall–Kier alpha value is -1.46. The lowest BCUT2D eigenvalue weighted by atomic mass is 9.94. The number of nitrogens with zero attached hydrogens (tertiary/aromatic N) is 1. The van der Waals surface area contributed by atoms with Crippen LogP contribution >= 0.6 is 0 Å². The summed E-state index contributed by atoms with van der Waals surface area (Å²) in [5.41, 5.74) is 0.570. The number of carbonyl (C=O) groups is 1. The molecule has 0 radical (unpaired) electrons. The average molecular weight is 236 g/mol. The third-order valence-electron chi connectivity index (χ3n) is 3.02. The Balaban J connectivity index is 2.18. The van der Waals surface area contributed by atoms with Crippen molar-refractivity contribution in [1.82, 2.24) is 10.3 Å². The van der Waals surface area contributed by atoms with Crippen molar-refractivity contribution in [2.24, 2.45) is 5.92 Å². The van der Waals surface area contributed by atoms with Crippen LogP contribution in [-0.4, -0.2) is 44.2 Å². The molecule has 1 N–H and O–H groups in total. The Labute approximate surface area is 100 Å². The van der Waals surface area contributed by atoms with Gasteiger partial charge in [0.1, 0.15) is 5.75 Å². The Morgan fingerprint density at radius 3 is 3.06 bits per heavy atom. The molecule has 0 spiro atoms. The minimum absolute atomic E-state index is 0.0493. The van der Waals surface area contributed by atoms with Gasteiger partial charge in [0.25, 0.3) is 0 Å². The van der Waals surface area contributed by atoms with Gasteiger partial charge in [-0.1, -0.05) is 0 Å². The molecule has 1 aliphatic heterocycles. The molecule has 1 saturated heterocycles. The first-order valence-electron chi connectivity index (χ1n) is 5.54. The van der Waals surface area contributed by atoms with Crippen LogP contribution in [0.1, 0.15) is 10.4 Å². The molecular weight excluding hydrogens is 220 g/mol. The van der Waals surface area contributed by atoms with Gasteiger partial charge in [-0.15, -0.1) is 0 Å². The number of aromatic nitrogens is 1. The van der Waals surface area contributed by atoms with Crippen molar-refractivity contribution in [1.29, 1.82) is 0 Å². The number of pyridine rings is 1. The van der Waals surface area contributed by atoms with Crippen LogP contribution in [0.25, 0.3) is 0 Å². The van der Waals surface area contributed by atoms with Gasteiger partial charge in [0.2, 0.25) is 0 Å². The van der Waals surface area contributed by atoms with Crippen LogP contribution in [-0.2, 0) is 4.74 Å². The van der Waals surface area contributed by atoms with E-state index in [4.69, 9.17) is 9.47 Å². The van der Waals surface area contributed by atoms with Gasteiger partial charge in [0.05, 0.1) is 32.4 Å². The number of likely N-dealkylation sites (N-methyl/N-ethyl adjacent to an activating group) is 1. The van der Waals surface area contributed by atoms with Crippen LogP contribution in [0, 0.1) is 5.92 Å². The predicted molar refractivity (Wildman–Crippen MR) is 62.3 cm³/mol. The highest BCUT2D eigenvalue weighted by molar-refractivity contribution is 5.98. The van der Waals surface area contributed by atoms with E-state index in [2.05, 4.69) is 10.3 Å². The first-order chi connectivity index (χ1) is 8.26. The molecule has 0 amide bonds. The number of hydrogen-bond acceptors (Lipinski definition) is 5. The number of ketones is 1. The molecule has 2 atom stereocenters. The van der Waals surface area contributed by atoms with E-state index in [1.54, 1.807) is 25.6 Å². The van der Waals surface area contributed by atoms with Crippen LogP contribution < -0.4 is 10.1 Å². The zero-order valence-corrected chi connectivity index (χ0v) is 9.97. The van der Waals surface area contributed by atoms with Crippen LogP contribution in [0.4, 0.5) is 0 Å². The molecule has 1 aromatic heterocycles. The Kier molecular flexibility index (Phi) is 3.71. The fraction of sp³-hybridized carbons (Fsp3) is 0.500. The molecule has 92 valence electrons. The van der Waals surface area contributed by atoms with E-state index in [1.807, 2.05) is 7.05 Å². The number of Topliss-reactive ketones (excluding diaryl/α,β-unsaturated/α-hetero) is 1. The maximum Gasteiger partial charge on any atom is 0.171 e. The highest BCUT2D eigenvalue weighted by Crippen LogP contribution is 2.20. The molecule has 2 heterocycles. The van der Waals surface area contributed by atoms with Crippen molar-refractivity contribution in [2.75, 3.05) is 27.4 Å². The van der Waals surface area contributed by atoms with Gasteiger partial charge in [0, 0.05) is 17.8 Å². The third-order valence-corrected chi connectivity index (χ3v) is 3.02. The summed E-state index contributed by atoms with van der Waals surface area (Å²) in [6, 6.07) is 1.79. The largest absolute Gasteiger partial charge is 0.495 e. The Morgan fingerprint density at radius 1 is 1.53 bits per heavy atom. The minimum Gasteiger partial charge on any atom is -0.495 e. The van der Waals surface area contributed by atoms with Gasteiger partial charge in [-0.05, 0) is 13.1 Å². The molecule has 5 nitrogen and oxygen atoms in total. The molecule has 1 aliphatic rings. The van der Waals surface area contributed by atoms with Crippen LogP contribution in [0.3, 0.4) is 0 Å².